The quantitative estimate of drug-likeness (QED) is 0.462. The molecule has 1 heterocycles. The molecular formula is C12H17NO5. The molecule has 6 heteroatoms. The Kier molecular flexibility index (Phi) is 3.72. The minimum Gasteiger partial charge on any atom is -0.508 e. The Morgan fingerprint density at radius 1 is 1.00 bits per heavy atom. The fourth-order valence-electron chi connectivity index (χ4n) is 1.89. The summed E-state index contributed by atoms with van der Waals surface area (Å²) >= 11 is 0. The van der Waals surface area contributed by atoms with Crippen molar-refractivity contribution in [1.29, 1.82) is 0 Å². The van der Waals surface area contributed by atoms with Crippen LogP contribution in [-0.2, 0) is 4.74 Å². The minimum absolute atomic E-state index is 0.134. The van der Waals surface area contributed by atoms with Crippen molar-refractivity contribution >= 4 is 5.69 Å². The maximum atomic E-state index is 9.79. The van der Waals surface area contributed by atoms with Gasteiger partial charge in [-0.1, -0.05) is 0 Å². The van der Waals surface area contributed by atoms with Crippen molar-refractivity contribution in [2.24, 2.45) is 0 Å². The van der Waals surface area contributed by atoms with E-state index in [1.54, 1.807) is 19.1 Å². The van der Waals surface area contributed by atoms with E-state index < -0.39 is 30.6 Å². The fourth-order valence-corrected chi connectivity index (χ4v) is 1.89. The standard InChI is InChI=1S/C12H17NO5/c1-6-9(15)10(16)11(17)12(18-6)13-7-2-4-8(14)5-3-7/h2-6,9-17H,1H3/t6-,9+,10+,11+,12+/m1/s1. The van der Waals surface area contributed by atoms with Crippen LogP contribution in [0.5, 0.6) is 5.75 Å². The van der Waals surface area contributed by atoms with Gasteiger partial charge in [-0.25, -0.2) is 0 Å². The summed E-state index contributed by atoms with van der Waals surface area (Å²) in [6.07, 6.45) is -5.01. The number of aromatic hydroxyl groups is 1. The van der Waals surface area contributed by atoms with Crippen molar-refractivity contribution in [3.8, 4) is 5.75 Å². The average Bonchev–Trinajstić information content (AvgIpc) is 2.36. The van der Waals surface area contributed by atoms with E-state index in [0.717, 1.165) is 0 Å². The van der Waals surface area contributed by atoms with Crippen LogP contribution in [0.2, 0.25) is 0 Å². The van der Waals surface area contributed by atoms with E-state index in [4.69, 9.17) is 9.84 Å². The number of hydrogen-bond acceptors (Lipinski definition) is 6. The molecule has 0 amide bonds. The summed E-state index contributed by atoms with van der Waals surface area (Å²) in [4.78, 5) is 0. The van der Waals surface area contributed by atoms with Crippen molar-refractivity contribution in [3.05, 3.63) is 24.3 Å². The highest BCUT2D eigenvalue weighted by atomic mass is 16.5. The molecular weight excluding hydrogens is 238 g/mol. The van der Waals surface area contributed by atoms with Crippen molar-refractivity contribution in [2.45, 2.75) is 37.6 Å². The van der Waals surface area contributed by atoms with Gasteiger partial charge >= 0.3 is 0 Å². The van der Waals surface area contributed by atoms with Crippen LogP contribution < -0.4 is 5.32 Å². The molecule has 1 aromatic carbocycles. The molecule has 0 aliphatic carbocycles. The first kappa shape index (κ1) is 13.1. The zero-order chi connectivity index (χ0) is 13.3. The van der Waals surface area contributed by atoms with Gasteiger partial charge in [-0.3, -0.25) is 0 Å². The number of rotatable bonds is 2. The molecule has 2 rings (SSSR count). The van der Waals surface area contributed by atoms with Gasteiger partial charge in [0.1, 0.15) is 24.1 Å². The van der Waals surface area contributed by atoms with Crippen molar-refractivity contribution in [3.63, 3.8) is 0 Å². The fraction of sp³-hybridized carbons (Fsp3) is 0.500. The number of anilines is 1. The second-order valence-electron chi connectivity index (χ2n) is 4.42. The molecule has 1 aliphatic heterocycles. The number of aliphatic hydroxyl groups excluding tert-OH is 3. The van der Waals surface area contributed by atoms with Gasteiger partial charge in [0.05, 0.1) is 6.10 Å². The summed E-state index contributed by atoms with van der Waals surface area (Å²) in [6.45, 7) is 1.62. The second kappa shape index (κ2) is 5.11. The molecule has 0 saturated carbocycles. The van der Waals surface area contributed by atoms with Gasteiger partial charge in [0.15, 0.2) is 6.23 Å². The molecule has 0 aromatic heterocycles. The van der Waals surface area contributed by atoms with Crippen molar-refractivity contribution in [2.75, 3.05) is 5.32 Å². The first-order valence-corrected chi connectivity index (χ1v) is 5.74. The highest BCUT2D eigenvalue weighted by Gasteiger charge is 2.41. The molecule has 0 spiro atoms. The maximum Gasteiger partial charge on any atom is 0.157 e. The SMILES string of the molecule is C[C@H]1O[C@H](Nc2ccc(O)cc2)[C@@H](O)[C@@H](O)[C@H]1O. The molecule has 5 N–H and O–H groups in total. The molecule has 100 valence electrons. The number of nitrogens with one attached hydrogen (secondary N) is 1. The van der Waals surface area contributed by atoms with E-state index in [2.05, 4.69) is 5.32 Å². The summed E-state index contributed by atoms with van der Waals surface area (Å²) in [5.74, 6) is 0.134. The molecule has 1 aliphatic rings. The molecule has 0 bridgehead atoms. The number of phenols is 1. The van der Waals surface area contributed by atoms with Crippen LogP contribution in [0.3, 0.4) is 0 Å². The second-order valence-corrected chi connectivity index (χ2v) is 4.42. The van der Waals surface area contributed by atoms with E-state index in [1.165, 1.54) is 12.1 Å². The number of aliphatic hydroxyl groups is 3. The first-order chi connectivity index (χ1) is 8.49. The number of hydrogen-bond donors (Lipinski definition) is 5. The van der Waals surface area contributed by atoms with Crippen LogP contribution in [0.15, 0.2) is 24.3 Å². The van der Waals surface area contributed by atoms with Gasteiger partial charge in [0.2, 0.25) is 0 Å². The smallest absolute Gasteiger partial charge is 0.157 e. The highest BCUT2D eigenvalue weighted by molar-refractivity contribution is 5.46. The van der Waals surface area contributed by atoms with Gasteiger partial charge < -0.3 is 30.5 Å². The van der Waals surface area contributed by atoms with E-state index in [0.29, 0.717) is 5.69 Å². The van der Waals surface area contributed by atoms with Crippen molar-refractivity contribution in [1.82, 2.24) is 0 Å². The Balaban J connectivity index is 2.06. The predicted octanol–water partition coefficient (Wildman–Crippen LogP) is -0.368. The van der Waals surface area contributed by atoms with Crippen LogP contribution >= 0.6 is 0 Å². The Bertz CT molecular complexity index is 396. The van der Waals surface area contributed by atoms with Gasteiger partial charge in [0.25, 0.3) is 0 Å². The zero-order valence-corrected chi connectivity index (χ0v) is 9.89. The summed E-state index contributed by atoms with van der Waals surface area (Å²) in [5, 5.41) is 41.0. The molecule has 6 nitrogen and oxygen atoms in total. The van der Waals surface area contributed by atoms with Crippen LogP contribution in [0.4, 0.5) is 5.69 Å². The summed E-state index contributed by atoms with van der Waals surface area (Å²) in [7, 11) is 0. The molecule has 1 aromatic rings. The van der Waals surface area contributed by atoms with Gasteiger partial charge in [-0.2, -0.15) is 0 Å². The lowest BCUT2D eigenvalue weighted by atomic mass is 9.99. The normalized spacial score (nSPS) is 36.3. The minimum atomic E-state index is -1.26. The monoisotopic (exact) mass is 255 g/mol. The summed E-state index contributed by atoms with van der Waals surface area (Å²) in [6, 6.07) is 6.22. The molecule has 0 radical (unpaired) electrons. The van der Waals surface area contributed by atoms with E-state index in [1.807, 2.05) is 0 Å². The lowest BCUT2D eigenvalue weighted by Crippen LogP contribution is -2.58. The van der Waals surface area contributed by atoms with Crippen LogP contribution in [-0.4, -0.2) is 51.1 Å². The highest BCUT2D eigenvalue weighted by Crippen LogP contribution is 2.23. The molecule has 1 fully saturated rings. The first-order valence-electron chi connectivity index (χ1n) is 5.74. The third-order valence-corrected chi connectivity index (χ3v) is 3.03. The Hall–Kier alpha value is -1.34. The van der Waals surface area contributed by atoms with Crippen LogP contribution in [0.1, 0.15) is 6.92 Å². The lowest BCUT2D eigenvalue weighted by molar-refractivity contribution is -0.209. The average molecular weight is 255 g/mol. The molecule has 0 unspecified atom stereocenters. The van der Waals surface area contributed by atoms with Crippen LogP contribution in [0.25, 0.3) is 0 Å². The number of ether oxygens (including phenoxy) is 1. The predicted molar refractivity (Wildman–Crippen MR) is 64.1 cm³/mol. The van der Waals surface area contributed by atoms with E-state index >= 15 is 0 Å². The van der Waals surface area contributed by atoms with Gasteiger partial charge in [0, 0.05) is 5.69 Å². The van der Waals surface area contributed by atoms with E-state index in [-0.39, 0.29) is 5.75 Å². The molecule has 18 heavy (non-hydrogen) atoms. The topological polar surface area (TPSA) is 102 Å². The van der Waals surface area contributed by atoms with E-state index in [9.17, 15) is 15.3 Å². The number of benzene rings is 1. The third kappa shape index (κ3) is 2.56. The molecule has 1 saturated heterocycles. The van der Waals surface area contributed by atoms with Crippen molar-refractivity contribution < 1.29 is 25.2 Å². The summed E-state index contributed by atoms with van der Waals surface area (Å²) in [5.41, 5.74) is 0.632. The lowest BCUT2D eigenvalue weighted by Gasteiger charge is -2.39. The van der Waals surface area contributed by atoms with Gasteiger partial charge in [-0.15, -0.1) is 0 Å². The zero-order valence-electron chi connectivity index (χ0n) is 9.89. The Morgan fingerprint density at radius 2 is 1.61 bits per heavy atom. The molecule has 5 atom stereocenters. The third-order valence-electron chi connectivity index (χ3n) is 3.03. The summed E-state index contributed by atoms with van der Waals surface area (Å²) < 4.78 is 5.38. The maximum absolute atomic E-state index is 9.79. The van der Waals surface area contributed by atoms with Crippen LogP contribution in [0, 0.1) is 0 Å². The Labute approximate surface area is 104 Å². The number of phenolic OH excluding ortho intramolecular Hbond substituents is 1. The largest absolute Gasteiger partial charge is 0.508 e. The Morgan fingerprint density at radius 3 is 2.22 bits per heavy atom. The van der Waals surface area contributed by atoms with Gasteiger partial charge in [-0.05, 0) is 31.2 Å².